The van der Waals surface area contributed by atoms with E-state index in [1.165, 1.54) is 0 Å². The van der Waals surface area contributed by atoms with Gasteiger partial charge in [-0.15, -0.1) is 24.0 Å². The Balaban J connectivity index is 0.00000392. The molecule has 1 aromatic carbocycles. The summed E-state index contributed by atoms with van der Waals surface area (Å²) < 4.78 is 21.9. The molecule has 0 bridgehead atoms. The minimum Gasteiger partial charge on any atom is -0.490 e. The van der Waals surface area contributed by atoms with Crippen molar-refractivity contribution in [3.8, 4) is 11.5 Å². The number of hydrogen-bond acceptors (Lipinski definition) is 5. The van der Waals surface area contributed by atoms with Gasteiger partial charge in [0.05, 0.1) is 26.4 Å². The molecule has 0 saturated heterocycles. The van der Waals surface area contributed by atoms with Gasteiger partial charge in [0.15, 0.2) is 17.5 Å². The number of methoxy groups -OCH3 is 1. The lowest BCUT2D eigenvalue weighted by atomic mass is 10.2. The van der Waals surface area contributed by atoms with E-state index < -0.39 is 0 Å². The molecule has 0 fully saturated rings. The van der Waals surface area contributed by atoms with Gasteiger partial charge in [0.1, 0.15) is 0 Å². The number of aliphatic imine (C=N–C) groups is 1. The summed E-state index contributed by atoms with van der Waals surface area (Å²) in [7, 11) is 1.67. The van der Waals surface area contributed by atoms with Crippen LogP contribution in [0.3, 0.4) is 0 Å². The molecule has 0 amide bonds. The molecule has 7 nitrogen and oxygen atoms in total. The molecule has 0 radical (unpaired) electrons. The van der Waals surface area contributed by atoms with Gasteiger partial charge >= 0.3 is 0 Å². The first kappa shape index (κ1) is 24.8. The number of halogens is 1. The van der Waals surface area contributed by atoms with Crippen molar-refractivity contribution >= 4 is 35.6 Å². The highest BCUT2D eigenvalue weighted by molar-refractivity contribution is 14.0. The fourth-order valence-corrected chi connectivity index (χ4v) is 2.42. The lowest BCUT2D eigenvalue weighted by Gasteiger charge is -2.15. The first-order valence-electron chi connectivity index (χ1n) is 9.70. The van der Waals surface area contributed by atoms with Crippen LogP contribution in [-0.4, -0.2) is 59.2 Å². The third-order valence-corrected chi connectivity index (χ3v) is 3.81. The summed E-state index contributed by atoms with van der Waals surface area (Å²) in [6.45, 7) is 9.14. The third kappa shape index (κ3) is 9.79. The van der Waals surface area contributed by atoms with Gasteiger partial charge in [0.25, 0.3) is 0 Å². The van der Waals surface area contributed by atoms with Crippen molar-refractivity contribution in [3.05, 3.63) is 18.2 Å². The standard InChI is InChI=1S/C20H33N3O4.HI/c1-16(2)15-22-20(21-8-4-9-25-13-12-24-3)23-17-6-7-18-19(14-17)27-11-5-10-26-18;/h6-7,14,16H,4-5,8-13,15H2,1-3H3,(H2,21,22,23);1H. The Labute approximate surface area is 185 Å². The van der Waals surface area contributed by atoms with E-state index in [4.69, 9.17) is 18.9 Å². The number of ether oxygens (including phenoxy) is 4. The topological polar surface area (TPSA) is 73.3 Å². The van der Waals surface area contributed by atoms with Crippen LogP contribution in [0.1, 0.15) is 26.7 Å². The molecule has 0 unspecified atom stereocenters. The van der Waals surface area contributed by atoms with Crippen LogP contribution in [0.25, 0.3) is 0 Å². The number of rotatable bonds is 10. The predicted molar refractivity (Wildman–Crippen MR) is 124 cm³/mol. The Bertz CT molecular complexity index is 585. The van der Waals surface area contributed by atoms with E-state index in [1.807, 2.05) is 18.2 Å². The van der Waals surface area contributed by atoms with E-state index in [2.05, 4.69) is 29.5 Å². The first-order valence-corrected chi connectivity index (χ1v) is 9.70. The van der Waals surface area contributed by atoms with Crippen molar-refractivity contribution in [3.63, 3.8) is 0 Å². The second-order valence-electron chi connectivity index (χ2n) is 6.81. The zero-order valence-corrected chi connectivity index (χ0v) is 19.5. The van der Waals surface area contributed by atoms with Crippen LogP contribution in [0.5, 0.6) is 11.5 Å². The highest BCUT2D eigenvalue weighted by Gasteiger charge is 2.11. The molecule has 8 heteroatoms. The van der Waals surface area contributed by atoms with Gasteiger partial charge in [-0.05, 0) is 24.5 Å². The van der Waals surface area contributed by atoms with E-state index in [-0.39, 0.29) is 24.0 Å². The maximum atomic E-state index is 5.76. The third-order valence-electron chi connectivity index (χ3n) is 3.81. The summed E-state index contributed by atoms with van der Waals surface area (Å²) in [5.74, 6) is 2.81. The average Bonchev–Trinajstić information content (AvgIpc) is 2.90. The summed E-state index contributed by atoms with van der Waals surface area (Å²) in [4.78, 5) is 4.66. The van der Waals surface area contributed by atoms with Crippen molar-refractivity contribution in [2.24, 2.45) is 10.9 Å². The molecule has 2 rings (SSSR count). The van der Waals surface area contributed by atoms with Crippen LogP contribution < -0.4 is 20.1 Å². The summed E-state index contributed by atoms with van der Waals surface area (Å²) >= 11 is 0. The Morgan fingerprint density at radius 3 is 2.68 bits per heavy atom. The van der Waals surface area contributed by atoms with E-state index in [9.17, 15) is 0 Å². The molecule has 1 heterocycles. The molecule has 1 aliphatic rings. The smallest absolute Gasteiger partial charge is 0.195 e. The molecule has 160 valence electrons. The molecule has 28 heavy (non-hydrogen) atoms. The molecule has 1 aliphatic heterocycles. The molecule has 0 saturated carbocycles. The molecule has 1 aromatic rings. The summed E-state index contributed by atoms with van der Waals surface area (Å²) in [6.07, 6.45) is 1.79. The fourth-order valence-electron chi connectivity index (χ4n) is 2.42. The van der Waals surface area contributed by atoms with Crippen molar-refractivity contribution in [1.29, 1.82) is 0 Å². The number of nitrogens with one attached hydrogen (secondary N) is 2. The van der Waals surface area contributed by atoms with Crippen LogP contribution in [0.2, 0.25) is 0 Å². The van der Waals surface area contributed by atoms with Gasteiger partial charge in [0, 0.05) is 45.0 Å². The highest BCUT2D eigenvalue weighted by atomic mass is 127. The largest absolute Gasteiger partial charge is 0.490 e. The SMILES string of the molecule is COCCOCCCNC(=NCC(C)C)Nc1ccc2c(c1)OCCCO2.I. The summed E-state index contributed by atoms with van der Waals surface area (Å²) in [5.41, 5.74) is 0.922. The average molecular weight is 507 g/mol. The number of fused-ring (bicyclic) bond motifs is 1. The zero-order valence-electron chi connectivity index (χ0n) is 17.2. The number of anilines is 1. The second kappa shape index (κ2) is 14.7. The lowest BCUT2D eigenvalue weighted by Crippen LogP contribution is -2.32. The zero-order chi connectivity index (χ0) is 19.3. The van der Waals surface area contributed by atoms with Gasteiger partial charge in [0.2, 0.25) is 0 Å². The Hall–Kier alpha value is -1.26. The van der Waals surface area contributed by atoms with Gasteiger partial charge in [-0.25, -0.2) is 0 Å². The van der Waals surface area contributed by atoms with Crippen LogP contribution in [0, 0.1) is 5.92 Å². The minimum atomic E-state index is 0. The second-order valence-corrected chi connectivity index (χ2v) is 6.81. The molecule has 2 N–H and O–H groups in total. The monoisotopic (exact) mass is 507 g/mol. The Morgan fingerprint density at radius 1 is 1.14 bits per heavy atom. The summed E-state index contributed by atoms with van der Waals surface area (Å²) in [6, 6.07) is 5.88. The van der Waals surface area contributed by atoms with Crippen LogP contribution >= 0.6 is 24.0 Å². The van der Waals surface area contributed by atoms with Crippen molar-refractivity contribution < 1.29 is 18.9 Å². The predicted octanol–water partition coefficient (Wildman–Crippen LogP) is 3.53. The summed E-state index contributed by atoms with van der Waals surface area (Å²) in [5, 5.41) is 6.72. The van der Waals surface area contributed by atoms with Crippen LogP contribution in [0.15, 0.2) is 23.2 Å². The highest BCUT2D eigenvalue weighted by Crippen LogP contribution is 2.32. The maximum absolute atomic E-state index is 5.76. The Kier molecular flexibility index (Phi) is 13.0. The lowest BCUT2D eigenvalue weighted by molar-refractivity contribution is 0.0699. The van der Waals surface area contributed by atoms with E-state index in [1.54, 1.807) is 7.11 Å². The fraction of sp³-hybridized carbons (Fsp3) is 0.650. The van der Waals surface area contributed by atoms with E-state index >= 15 is 0 Å². The molecule has 0 spiro atoms. The minimum absolute atomic E-state index is 0. The van der Waals surface area contributed by atoms with Gasteiger partial charge < -0.3 is 29.6 Å². The molecule has 0 atom stereocenters. The quantitative estimate of drug-likeness (QED) is 0.219. The van der Waals surface area contributed by atoms with E-state index in [0.29, 0.717) is 39.0 Å². The molecule has 0 aromatic heterocycles. The number of nitrogens with zero attached hydrogens (tertiary/aromatic N) is 1. The van der Waals surface area contributed by atoms with Crippen molar-refractivity contribution in [2.75, 3.05) is 58.6 Å². The van der Waals surface area contributed by atoms with Crippen molar-refractivity contribution in [1.82, 2.24) is 5.32 Å². The normalized spacial score (nSPS) is 13.6. The number of guanidine groups is 1. The molecule has 0 aliphatic carbocycles. The van der Waals surface area contributed by atoms with E-state index in [0.717, 1.165) is 49.1 Å². The Morgan fingerprint density at radius 2 is 1.93 bits per heavy atom. The number of benzene rings is 1. The van der Waals surface area contributed by atoms with Gasteiger partial charge in [-0.3, -0.25) is 4.99 Å². The van der Waals surface area contributed by atoms with Crippen LogP contribution in [0.4, 0.5) is 5.69 Å². The van der Waals surface area contributed by atoms with Gasteiger partial charge in [-0.2, -0.15) is 0 Å². The van der Waals surface area contributed by atoms with Gasteiger partial charge in [-0.1, -0.05) is 13.8 Å². The van der Waals surface area contributed by atoms with Crippen molar-refractivity contribution in [2.45, 2.75) is 26.7 Å². The maximum Gasteiger partial charge on any atom is 0.195 e. The van der Waals surface area contributed by atoms with Crippen LogP contribution in [-0.2, 0) is 9.47 Å². The molecular weight excluding hydrogens is 473 g/mol. The molecular formula is C20H34IN3O4. The first-order chi connectivity index (χ1) is 13.2. The number of hydrogen-bond donors (Lipinski definition) is 2.